The summed E-state index contributed by atoms with van der Waals surface area (Å²) in [5.41, 5.74) is 6.54. The second-order valence-electron chi connectivity index (χ2n) is 13.8. The zero-order chi connectivity index (χ0) is 35.6. The quantitative estimate of drug-likeness (QED) is 0.122. The predicted molar refractivity (Wildman–Crippen MR) is 196 cm³/mol. The van der Waals surface area contributed by atoms with E-state index in [4.69, 9.17) is 4.98 Å². The van der Waals surface area contributed by atoms with E-state index < -0.39 is 12.1 Å². The number of nitrogens with one attached hydrogen (secondary N) is 4. The van der Waals surface area contributed by atoms with Gasteiger partial charge in [0.1, 0.15) is 17.7 Å². The Hall–Kier alpha value is -5.75. The van der Waals surface area contributed by atoms with Gasteiger partial charge < -0.3 is 35.5 Å². The lowest BCUT2D eigenvalue weighted by atomic mass is 10.0. The van der Waals surface area contributed by atoms with Gasteiger partial charge in [-0.2, -0.15) is 0 Å². The lowest BCUT2D eigenvalue weighted by Crippen LogP contribution is -2.43. The molecule has 0 bridgehead atoms. The minimum Gasteiger partial charge on any atom is -0.465 e. The topological polar surface area (TPSA) is 159 Å². The van der Waals surface area contributed by atoms with E-state index in [0.717, 1.165) is 91.1 Å². The van der Waals surface area contributed by atoms with Gasteiger partial charge >= 0.3 is 6.09 Å². The summed E-state index contributed by atoms with van der Waals surface area (Å²) in [7, 11) is 0. The smallest absolute Gasteiger partial charge is 0.405 e. The first kappa shape index (κ1) is 33.4. The molecule has 0 unspecified atom stereocenters. The average molecular weight is 699 g/mol. The molecular weight excluding hydrogens is 656 g/mol. The van der Waals surface area contributed by atoms with Crippen LogP contribution in [0.25, 0.3) is 33.6 Å². The van der Waals surface area contributed by atoms with Crippen molar-refractivity contribution < 1.29 is 19.5 Å². The number of carbonyl (C=O) groups excluding carboxylic acids is 2. The van der Waals surface area contributed by atoms with Gasteiger partial charge in [-0.05, 0) is 72.9 Å². The number of H-pyrrole nitrogens is 2. The van der Waals surface area contributed by atoms with Gasteiger partial charge in [0.15, 0.2) is 0 Å². The Morgan fingerprint density at radius 3 is 1.77 bits per heavy atom. The molecule has 266 valence electrons. The number of carboxylic acid groups (broad SMARTS) is 1. The Morgan fingerprint density at radius 2 is 1.23 bits per heavy atom. The molecule has 12 nitrogen and oxygen atoms in total. The summed E-state index contributed by atoms with van der Waals surface area (Å²) in [6.07, 6.45) is 7.79. The molecule has 5 N–H and O–H groups in total. The van der Waals surface area contributed by atoms with Gasteiger partial charge in [-0.15, -0.1) is 0 Å². The van der Waals surface area contributed by atoms with E-state index in [9.17, 15) is 19.5 Å². The highest BCUT2D eigenvalue weighted by atomic mass is 16.4. The van der Waals surface area contributed by atoms with Crippen molar-refractivity contribution in [2.45, 2.75) is 62.7 Å². The summed E-state index contributed by atoms with van der Waals surface area (Å²) in [6.45, 7) is 2.21. The number of benzene rings is 3. The van der Waals surface area contributed by atoms with E-state index >= 15 is 0 Å². The molecule has 8 rings (SSSR count). The number of rotatable bonds is 9. The van der Waals surface area contributed by atoms with Crippen LogP contribution in [-0.2, 0) is 9.59 Å². The van der Waals surface area contributed by atoms with E-state index in [-0.39, 0.29) is 29.9 Å². The van der Waals surface area contributed by atoms with Gasteiger partial charge in [-0.3, -0.25) is 9.59 Å². The van der Waals surface area contributed by atoms with Crippen LogP contribution in [0.2, 0.25) is 0 Å². The van der Waals surface area contributed by atoms with E-state index in [1.165, 1.54) is 0 Å². The van der Waals surface area contributed by atoms with Crippen molar-refractivity contribution in [2.24, 2.45) is 0 Å². The molecule has 0 spiro atoms. The highest BCUT2D eigenvalue weighted by Gasteiger charge is 2.38. The largest absolute Gasteiger partial charge is 0.465 e. The third kappa shape index (κ3) is 6.69. The summed E-state index contributed by atoms with van der Waals surface area (Å²) < 4.78 is 0. The van der Waals surface area contributed by atoms with Gasteiger partial charge in [0.25, 0.3) is 5.91 Å². The van der Waals surface area contributed by atoms with E-state index in [1.807, 2.05) is 17.2 Å². The van der Waals surface area contributed by atoms with Crippen molar-refractivity contribution in [3.63, 3.8) is 0 Å². The fourth-order valence-electron chi connectivity index (χ4n) is 7.94. The first-order valence-corrected chi connectivity index (χ1v) is 18.1. The van der Waals surface area contributed by atoms with Gasteiger partial charge in [-0.25, -0.2) is 14.8 Å². The molecule has 3 aliphatic heterocycles. The molecule has 5 heterocycles. The maximum Gasteiger partial charge on any atom is 0.405 e. The minimum atomic E-state index is -1.25. The fraction of sp³-hybridized carbons (Fsp3) is 0.325. The van der Waals surface area contributed by atoms with Crippen molar-refractivity contribution in [1.29, 1.82) is 0 Å². The highest BCUT2D eigenvalue weighted by Crippen LogP contribution is 2.36. The van der Waals surface area contributed by atoms with Gasteiger partial charge in [-0.1, -0.05) is 78.9 Å². The number of aromatic amines is 2. The van der Waals surface area contributed by atoms with E-state index in [1.54, 1.807) is 35.4 Å². The van der Waals surface area contributed by atoms with Crippen LogP contribution in [0.3, 0.4) is 0 Å². The molecular formula is C40H42N8O4. The van der Waals surface area contributed by atoms with Crippen LogP contribution >= 0.6 is 0 Å². The fourth-order valence-corrected chi connectivity index (χ4v) is 7.94. The van der Waals surface area contributed by atoms with E-state index in [2.05, 4.69) is 74.1 Å². The number of imidazole rings is 2. The number of likely N-dealkylation sites (tertiary alicyclic amines) is 2. The second kappa shape index (κ2) is 14.5. The number of hydrogen-bond donors (Lipinski definition) is 5. The van der Waals surface area contributed by atoms with Crippen LogP contribution in [-0.4, -0.2) is 78.4 Å². The van der Waals surface area contributed by atoms with Crippen LogP contribution in [0, 0.1) is 0 Å². The normalized spacial score (nSPS) is 20.7. The monoisotopic (exact) mass is 698 g/mol. The SMILES string of the molecule is O=C(O)N[C@@H](C(=O)N1CCC[C@H]1c1ncc(-c2ccc(-c3ccc(-c4cnc([C@@H]5CCCN5C(=O)[C@@H]5CCCN5)[nH]4)cc3)cc2)[nH]1)c1ccccc1. The van der Waals surface area contributed by atoms with Crippen molar-refractivity contribution in [1.82, 2.24) is 40.4 Å². The Bertz CT molecular complexity index is 2040. The number of aromatic nitrogens is 4. The molecule has 3 amide bonds. The number of nitrogens with zero attached hydrogens (tertiary/aromatic N) is 4. The molecule has 0 aliphatic carbocycles. The third-order valence-corrected chi connectivity index (χ3v) is 10.6. The average Bonchev–Trinajstić information content (AvgIpc) is 4.03. The minimum absolute atomic E-state index is 0.0138. The highest BCUT2D eigenvalue weighted by molar-refractivity contribution is 5.87. The van der Waals surface area contributed by atoms with Crippen LogP contribution in [0.4, 0.5) is 4.79 Å². The summed E-state index contributed by atoms with van der Waals surface area (Å²) >= 11 is 0. The Kier molecular flexibility index (Phi) is 9.29. The Balaban J connectivity index is 0.930. The zero-order valence-corrected chi connectivity index (χ0v) is 28.8. The van der Waals surface area contributed by atoms with Crippen LogP contribution in [0.5, 0.6) is 0 Å². The lowest BCUT2D eigenvalue weighted by molar-refractivity contribution is -0.135. The van der Waals surface area contributed by atoms with Gasteiger partial charge in [0, 0.05) is 13.1 Å². The van der Waals surface area contributed by atoms with Crippen molar-refractivity contribution >= 4 is 17.9 Å². The molecule has 52 heavy (non-hydrogen) atoms. The maximum absolute atomic E-state index is 13.7. The number of hydrogen-bond acceptors (Lipinski definition) is 6. The third-order valence-electron chi connectivity index (χ3n) is 10.6. The Labute approximate surface area is 301 Å². The first-order chi connectivity index (χ1) is 25.4. The van der Waals surface area contributed by atoms with Crippen molar-refractivity contribution in [2.75, 3.05) is 19.6 Å². The van der Waals surface area contributed by atoms with Crippen molar-refractivity contribution in [3.8, 4) is 33.6 Å². The summed E-state index contributed by atoms with van der Waals surface area (Å²) in [6, 6.07) is 24.2. The molecule has 3 fully saturated rings. The molecule has 4 atom stereocenters. The second-order valence-corrected chi connectivity index (χ2v) is 13.8. The lowest BCUT2D eigenvalue weighted by Gasteiger charge is -2.28. The molecule has 5 aromatic rings. The zero-order valence-electron chi connectivity index (χ0n) is 28.8. The molecule has 3 aromatic carbocycles. The maximum atomic E-state index is 13.7. The summed E-state index contributed by atoms with van der Waals surface area (Å²) in [5, 5.41) is 15.2. The molecule has 0 saturated carbocycles. The van der Waals surface area contributed by atoms with Gasteiger partial charge in [0.2, 0.25) is 5.91 Å². The van der Waals surface area contributed by atoms with Crippen LogP contribution in [0.1, 0.15) is 73.9 Å². The molecule has 0 radical (unpaired) electrons. The molecule has 12 heteroatoms. The molecule has 3 aliphatic rings. The summed E-state index contributed by atoms with van der Waals surface area (Å²) in [4.78, 5) is 58.4. The number of amides is 3. The Morgan fingerprint density at radius 1 is 0.692 bits per heavy atom. The predicted octanol–water partition coefficient (Wildman–Crippen LogP) is 6.22. The summed E-state index contributed by atoms with van der Waals surface area (Å²) in [5.74, 6) is 1.43. The van der Waals surface area contributed by atoms with Crippen molar-refractivity contribution in [3.05, 3.63) is 108 Å². The van der Waals surface area contributed by atoms with Crippen LogP contribution in [0.15, 0.2) is 91.3 Å². The van der Waals surface area contributed by atoms with Crippen LogP contribution < -0.4 is 10.6 Å². The number of carbonyl (C=O) groups is 3. The van der Waals surface area contributed by atoms with E-state index in [0.29, 0.717) is 17.9 Å². The first-order valence-electron chi connectivity index (χ1n) is 18.1. The standard InChI is InChI=1S/C40H42N8O4/c49-38(30-9-4-20-41-30)47-21-5-10-33(47)36-42-23-31(44-36)27-16-12-25(13-17-27)26-14-18-28(19-15-26)32-24-43-37(45-32)34-11-6-22-48(34)39(50)35(46-40(51)52)29-7-2-1-3-8-29/h1-3,7-8,12-19,23-24,30,33-35,41,46H,4-6,9-11,20-22H2,(H,42,44)(H,43,45)(H,51,52)/t30-,33-,34-,35+/m0/s1. The molecule has 3 saturated heterocycles. The molecule has 2 aromatic heterocycles. The van der Waals surface area contributed by atoms with Gasteiger partial charge in [0.05, 0.1) is 41.9 Å².